The summed E-state index contributed by atoms with van der Waals surface area (Å²) in [5.74, 6) is -0.105. The second kappa shape index (κ2) is 9.22. The van der Waals surface area contributed by atoms with E-state index in [0.29, 0.717) is 35.6 Å². The van der Waals surface area contributed by atoms with Crippen molar-refractivity contribution in [2.75, 3.05) is 18.5 Å². The van der Waals surface area contributed by atoms with Crippen LogP contribution in [-0.2, 0) is 19.4 Å². The predicted molar refractivity (Wildman–Crippen MR) is 123 cm³/mol. The van der Waals surface area contributed by atoms with Crippen molar-refractivity contribution in [3.05, 3.63) is 47.5 Å². The Morgan fingerprint density at radius 1 is 1.23 bits per heavy atom. The average molecular weight is 461 g/mol. The van der Waals surface area contributed by atoms with Gasteiger partial charge < -0.3 is 10.1 Å². The minimum atomic E-state index is -3.24. The Labute approximate surface area is 187 Å². The van der Waals surface area contributed by atoms with Gasteiger partial charge >= 0.3 is 0 Å². The molecule has 4 rings (SSSR count). The lowest BCUT2D eigenvalue weighted by Crippen LogP contribution is -2.26. The van der Waals surface area contributed by atoms with Crippen LogP contribution < -0.4 is 5.32 Å². The van der Waals surface area contributed by atoms with Gasteiger partial charge in [-0.05, 0) is 68.2 Å². The number of thiazole rings is 1. The number of anilines is 1. The number of hydrogen-bond acceptors (Lipinski definition) is 6. The number of carbonyl (C=O) groups is 1. The summed E-state index contributed by atoms with van der Waals surface area (Å²) < 4.78 is 30.5. The molecule has 6 nitrogen and oxygen atoms in total. The number of allylic oxidation sites excluding steroid dienone is 1. The Morgan fingerprint density at radius 2 is 1.90 bits per heavy atom. The topological polar surface area (TPSA) is 85.4 Å². The molecule has 1 aromatic heterocycles. The Balaban J connectivity index is 1.55. The molecule has 1 amide bonds. The zero-order chi connectivity index (χ0) is 22.0. The maximum absolute atomic E-state index is 13.2. The van der Waals surface area contributed by atoms with E-state index in [1.54, 1.807) is 24.3 Å². The quantitative estimate of drug-likeness (QED) is 0.620. The second-order valence-electron chi connectivity index (χ2n) is 8.46. The molecule has 2 fully saturated rings. The van der Waals surface area contributed by atoms with Crippen molar-refractivity contribution in [2.45, 2.75) is 55.1 Å². The second-order valence-corrected chi connectivity index (χ2v) is 11.6. The molecule has 0 bridgehead atoms. The van der Waals surface area contributed by atoms with E-state index in [0.717, 1.165) is 42.5 Å². The number of amides is 1. The van der Waals surface area contributed by atoms with Crippen molar-refractivity contribution in [1.82, 2.24) is 4.98 Å². The van der Waals surface area contributed by atoms with E-state index in [1.165, 1.54) is 11.3 Å². The Bertz CT molecular complexity index is 1050. The summed E-state index contributed by atoms with van der Waals surface area (Å²) in [4.78, 5) is 18.0. The van der Waals surface area contributed by atoms with Gasteiger partial charge in [0.25, 0.3) is 0 Å². The van der Waals surface area contributed by atoms with Crippen LogP contribution in [0.25, 0.3) is 5.57 Å². The lowest BCUT2D eigenvalue weighted by molar-refractivity contribution is -0.118. The number of hydrogen-bond donors (Lipinski definition) is 1. The van der Waals surface area contributed by atoms with Crippen molar-refractivity contribution in [1.29, 1.82) is 0 Å². The van der Waals surface area contributed by atoms with Gasteiger partial charge in [-0.25, -0.2) is 13.4 Å². The fraction of sp³-hybridized carbons (Fsp3) is 0.478. The number of nitrogens with zero attached hydrogens (tertiary/aromatic N) is 1. The molecule has 1 saturated carbocycles. The van der Waals surface area contributed by atoms with Crippen LogP contribution in [0.5, 0.6) is 0 Å². The average Bonchev–Trinajstić information content (AvgIpc) is 3.53. The molecule has 1 aliphatic heterocycles. The minimum absolute atomic E-state index is 0.119. The highest BCUT2D eigenvalue weighted by Gasteiger charge is 2.37. The normalized spacial score (nSPS) is 18.5. The maximum Gasteiger partial charge on any atom is 0.233 e. The molecule has 166 valence electrons. The highest BCUT2D eigenvalue weighted by atomic mass is 32.2. The van der Waals surface area contributed by atoms with Crippen LogP contribution in [0.15, 0.2) is 41.1 Å². The zero-order valence-electron chi connectivity index (χ0n) is 17.7. The van der Waals surface area contributed by atoms with Gasteiger partial charge in [0.05, 0.1) is 21.8 Å². The fourth-order valence-corrected chi connectivity index (χ4v) is 6.33. The molecular weight excluding hydrogens is 432 g/mol. The van der Waals surface area contributed by atoms with Crippen LogP contribution in [0.4, 0.5) is 5.13 Å². The van der Waals surface area contributed by atoms with E-state index in [2.05, 4.69) is 16.9 Å². The van der Waals surface area contributed by atoms with Gasteiger partial charge in [-0.2, -0.15) is 0 Å². The van der Waals surface area contributed by atoms with Crippen molar-refractivity contribution in [3.8, 4) is 0 Å². The largest absolute Gasteiger partial charge is 0.381 e. The molecule has 31 heavy (non-hydrogen) atoms. The highest BCUT2D eigenvalue weighted by molar-refractivity contribution is 7.92. The van der Waals surface area contributed by atoms with Crippen LogP contribution >= 0.6 is 11.3 Å². The Hall–Kier alpha value is -2.03. The number of carbonyl (C=O) groups excluding carboxylic acids is 1. The number of rotatable bonds is 8. The molecule has 8 heteroatoms. The van der Waals surface area contributed by atoms with Gasteiger partial charge in [0, 0.05) is 18.6 Å². The molecule has 1 aliphatic carbocycles. The van der Waals surface area contributed by atoms with E-state index in [4.69, 9.17) is 4.74 Å². The first-order chi connectivity index (χ1) is 14.8. The summed E-state index contributed by atoms with van der Waals surface area (Å²) in [6.07, 6.45) is 4.02. The minimum Gasteiger partial charge on any atom is -0.381 e. The third-order valence-corrected chi connectivity index (χ3v) is 9.01. The number of ether oxygens (including phenoxy) is 1. The monoisotopic (exact) mass is 460 g/mol. The lowest BCUT2D eigenvalue weighted by atomic mass is 9.84. The predicted octanol–water partition coefficient (Wildman–Crippen LogP) is 4.65. The van der Waals surface area contributed by atoms with E-state index in [9.17, 15) is 13.2 Å². The summed E-state index contributed by atoms with van der Waals surface area (Å²) in [5, 5.41) is 5.14. The van der Waals surface area contributed by atoms with Crippen molar-refractivity contribution >= 4 is 37.8 Å². The summed E-state index contributed by atoms with van der Waals surface area (Å²) in [7, 11) is -3.24. The van der Waals surface area contributed by atoms with Crippen LogP contribution in [-0.4, -0.2) is 37.8 Å². The van der Waals surface area contributed by atoms with Gasteiger partial charge in [0.2, 0.25) is 5.91 Å². The third-order valence-electron chi connectivity index (χ3n) is 5.97. The van der Waals surface area contributed by atoms with E-state index in [1.807, 2.05) is 12.3 Å². The molecular formula is C23H28N2O4S2. The van der Waals surface area contributed by atoms with Crippen molar-refractivity contribution in [2.24, 2.45) is 5.92 Å². The molecule has 1 unspecified atom stereocenters. The number of nitrogens with one attached hydrogen (secondary N) is 1. The molecule has 0 radical (unpaired) electrons. The summed E-state index contributed by atoms with van der Waals surface area (Å²) in [6.45, 7) is 7.20. The molecule has 1 aromatic carbocycles. The van der Waals surface area contributed by atoms with E-state index >= 15 is 0 Å². The highest BCUT2D eigenvalue weighted by Crippen LogP contribution is 2.35. The molecule has 0 spiro atoms. The first-order valence-corrected chi connectivity index (χ1v) is 13.1. The fourth-order valence-electron chi connectivity index (χ4n) is 3.89. The first-order valence-electron chi connectivity index (χ1n) is 10.7. The molecule has 2 heterocycles. The molecule has 1 saturated heterocycles. The first kappa shape index (κ1) is 22.2. The van der Waals surface area contributed by atoms with Gasteiger partial charge in [0.15, 0.2) is 15.0 Å². The van der Waals surface area contributed by atoms with Crippen molar-refractivity contribution < 1.29 is 17.9 Å². The van der Waals surface area contributed by atoms with Gasteiger partial charge in [-0.15, -0.1) is 11.3 Å². The smallest absolute Gasteiger partial charge is 0.233 e. The maximum atomic E-state index is 13.2. The number of benzene rings is 1. The van der Waals surface area contributed by atoms with Gasteiger partial charge in [0.1, 0.15) is 0 Å². The van der Waals surface area contributed by atoms with E-state index < -0.39 is 9.84 Å². The van der Waals surface area contributed by atoms with E-state index in [-0.39, 0.29) is 17.1 Å². The van der Waals surface area contributed by atoms with Crippen LogP contribution in [0, 0.1) is 5.92 Å². The van der Waals surface area contributed by atoms with Gasteiger partial charge in [-0.1, -0.05) is 18.7 Å². The standard InChI is InChI=1S/C23H28N2O4S2/c1-15(2)21-14-30-23(24-21)25-22(26)20(13-16-9-11-29-12-10-16)17-3-5-18(6-4-17)31(27,28)19-7-8-19/h3-6,14,16,19-20H,1,7-13H2,2H3,(H,24,25,26). The Kier molecular flexibility index (Phi) is 6.60. The number of aromatic nitrogens is 1. The molecule has 2 aromatic rings. The summed E-state index contributed by atoms with van der Waals surface area (Å²) >= 11 is 1.38. The van der Waals surface area contributed by atoms with Crippen LogP contribution in [0.2, 0.25) is 0 Å². The zero-order valence-corrected chi connectivity index (χ0v) is 19.3. The third kappa shape index (κ3) is 5.25. The molecule has 1 atom stereocenters. The molecule has 1 N–H and O–H groups in total. The Morgan fingerprint density at radius 3 is 2.48 bits per heavy atom. The van der Waals surface area contributed by atoms with Gasteiger partial charge in [-0.3, -0.25) is 4.79 Å². The number of sulfone groups is 1. The summed E-state index contributed by atoms with van der Waals surface area (Å²) in [6, 6.07) is 6.88. The van der Waals surface area contributed by atoms with Crippen LogP contribution in [0.3, 0.4) is 0 Å². The van der Waals surface area contributed by atoms with Crippen LogP contribution in [0.1, 0.15) is 56.2 Å². The van der Waals surface area contributed by atoms with Crippen molar-refractivity contribution in [3.63, 3.8) is 0 Å². The lowest BCUT2D eigenvalue weighted by Gasteiger charge is -2.26. The molecule has 2 aliphatic rings. The SMILES string of the molecule is C=C(C)c1csc(NC(=O)C(CC2CCOCC2)c2ccc(S(=O)(=O)C3CC3)cc2)n1. The summed E-state index contributed by atoms with van der Waals surface area (Å²) in [5.41, 5.74) is 2.45.